The molecule has 1 aliphatic rings. The van der Waals surface area contributed by atoms with Gasteiger partial charge in [0.15, 0.2) is 0 Å². The molecule has 0 radical (unpaired) electrons. The summed E-state index contributed by atoms with van der Waals surface area (Å²) in [6.07, 6.45) is 1.58. The molecule has 0 bridgehead atoms. The molecule has 2 heterocycles. The van der Waals surface area contributed by atoms with Gasteiger partial charge in [0, 0.05) is 43.6 Å². The third-order valence-corrected chi connectivity index (χ3v) is 4.30. The van der Waals surface area contributed by atoms with E-state index >= 15 is 0 Å². The maximum atomic E-state index is 12.5. The van der Waals surface area contributed by atoms with E-state index in [9.17, 15) is 4.79 Å². The summed E-state index contributed by atoms with van der Waals surface area (Å²) in [5, 5.41) is 1.03. The minimum atomic E-state index is 0. The Hall–Kier alpha value is -1.69. The van der Waals surface area contributed by atoms with Crippen LogP contribution in [0.25, 0.3) is 0 Å². The predicted molar refractivity (Wildman–Crippen MR) is 100 cm³/mol. The lowest BCUT2D eigenvalue weighted by Crippen LogP contribution is -2.49. The van der Waals surface area contributed by atoms with Gasteiger partial charge in [-0.2, -0.15) is 0 Å². The van der Waals surface area contributed by atoms with E-state index in [0.717, 1.165) is 0 Å². The zero-order valence-corrected chi connectivity index (χ0v) is 15.1. The van der Waals surface area contributed by atoms with E-state index in [1.807, 2.05) is 4.90 Å². The quantitative estimate of drug-likeness (QED) is 0.803. The summed E-state index contributed by atoms with van der Waals surface area (Å²) in [5.41, 5.74) is 6.95. The molecule has 2 aromatic rings. The number of carbonyl (C=O) groups excluding carboxylic acids is 1. The van der Waals surface area contributed by atoms with Gasteiger partial charge in [-0.05, 0) is 30.3 Å². The molecule has 128 valence electrons. The van der Waals surface area contributed by atoms with Crippen LogP contribution in [-0.4, -0.2) is 42.0 Å². The lowest BCUT2D eigenvalue weighted by Gasteiger charge is -2.35. The lowest BCUT2D eigenvalue weighted by atomic mass is 10.1. The molecule has 1 aromatic carbocycles. The molecule has 1 aliphatic heterocycles. The standard InChI is InChI=1S/C16H16Cl2N4O.ClH/c17-12-9-14(18)15(20-10-12)21-5-7-22(8-6-21)16(23)11-1-3-13(19)4-2-11;/h1-4,9-10H,5-8,19H2;1H. The Morgan fingerprint density at radius 1 is 1.08 bits per heavy atom. The van der Waals surface area contributed by atoms with E-state index in [-0.39, 0.29) is 18.3 Å². The Bertz CT molecular complexity index is 716. The minimum Gasteiger partial charge on any atom is -0.399 e. The molecular formula is C16H17Cl3N4O. The second-order valence-electron chi connectivity index (χ2n) is 5.36. The largest absolute Gasteiger partial charge is 0.399 e. The summed E-state index contributed by atoms with van der Waals surface area (Å²) in [4.78, 5) is 20.6. The van der Waals surface area contributed by atoms with Crippen LogP contribution in [0.2, 0.25) is 10.0 Å². The number of halogens is 3. The van der Waals surface area contributed by atoms with Crippen LogP contribution in [0.3, 0.4) is 0 Å². The van der Waals surface area contributed by atoms with Gasteiger partial charge in [-0.1, -0.05) is 23.2 Å². The van der Waals surface area contributed by atoms with E-state index in [4.69, 9.17) is 28.9 Å². The molecule has 0 spiro atoms. The van der Waals surface area contributed by atoms with E-state index in [1.54, 1.807) is 36.5 Å². The highest BCUT2D eigenvalue weighted by molar-refractivity contribution is 6.36. The van der Waals surface area contributed by atoms with Crippen LogP contribution in [0.5, 0.6) is 0 Å². The summed E-state index contributed by atoms with van der Waals surface area (Å²) in [6.45, 7) is 2.58. The van der Waals surface area contributed by atoms with E-state index < -0.39 is 0 Å². The van der Waals surface area contributed by atoms with Gasteiger partial charge < -0.3 is 15.5 Å². The number of nitrogen functional groups attached to an aromatic ring is 1. The molecule has 1 aromatic heterocycles. The molecule has 0 unspecified atom stereocenters. The molecule has 0 atom stereocenters. The highest BCUT2D eigenvalue weighted by Crippen LogP contribution is 2.27. The van der Waals surface area contributed by atoms with Crippen molar-refractivity contribution < 1.29 is 4.79 Å². The van der Waals surface area contributed by atoms with Crippen molar-refractivity contribution in [1.82, 2.24) is 9.88 Å². The summed E-state index contributed by atoms with van der Waals surface area (Å²) < 4.78 is 0. The molecule has 0 saturated carbocycles. The molecule has 8 heteroatoms. The Kier molecular flexibility index (Phi) is 6.15. The van der Waals surface area contributed by atoms with Crippen LogP contribution < -0.4 is 10.6 Å². The number of rotatable bonds is 2. The molecule has 1 fully saturated rings. The van der Waals surface area contributed by atoms with E-state index in [0.29, 0.717) is 53.3 Å². The van der Waals surface area contributed by atoms with Gasteiger partial charge in [-0.15, -0.1) is 12.4 Å². The van der Waals surface area contributed by atoms with Gasteiger partial charge in [0.05, 0.1) is 10.0 Å². The number of hydrogen-bond acceptors (Lipinski definition) is 4. The number of benzene rings is 1. The van der Waals surface area contributed by atoms with Gasteiger partial charge in [0.25, 0.3) is 5.91 Å². The Morgan fingerprint density at radius 2 is 1.71 bits per heavy atom. The first kappa shape index (κ1) is 18.6. The van der Waals surface area contributed by atoms with Gasteiger partial charge in [-0.3, -0.25) is 4.79 Å². The van der Waals surface area contributed by atoms with Crippen molar-refractivity contribution in [3.63, 3.8) is 0 Å². The molecular weight excluding hydrogens is 371 g/mol. The monoisotopic (exact) mass is 386 g/mol. The molecule has 1 saturated heterocycles. The van der Waals surface area contributed by atoms with Crippen LogP contribution in [-0.2, 0) is 0 Å². The van der Waals surface area contributed by atoms with Crippen LogP contribution in [0.15, 0.2) is 36.5 Å². The second-order valence-corrected chi connectivity index (χ2v) is 6.20. The van der Waals surface area contributed by atoms with E-state index in [2.05, 4.69) is 9.88 Å². The van der Waals surface area contributed by atoms with Gasteiger partial charge in [0.1, 0.15) is 5.82 Å². The van der Waals surface area contributed by atoms with Crippen molar-refractivity contribution in [3.05, 3.63) is 52.1 Å². The normalized spacial score (nSPS) is 14.2. The number of piperazine rings is 1. The molecule has 2 N–H and O–H groups in total. The smallest absolute Gasteiger partial charge is 0.253 e. The SMILES string of the molecule is Cl.Nc1ccc(C(=O)N2CCN(c3ncc(Cl)cc3Cl)CC2)cc1. The van der Waals surface area contributed by atoms with Crippen molar-refractivity contribution in [3.8, 4) is 0 Å². The van der Waals surface area contributed by atoms with Gasteiger partial charge >= 0.3 is 0 Å². The van der Waals surface area contributed by atoms with Crippen molar-refractivity contribution >= 4 is 53.0 Å². The van der Waals surface area contributed by atoms with Crippen LogP contribution in [0.4, 0.5) is 11.5 Å². The summed E-state index contributed by atoms with van der Waals surface area (Å²) in [5.74, 6) is 0.718. The van der Waals surface area contributed by atoms with E-state index in [1.165, 1.54) is 0 Å². The third-order valence-electron chi connectivity index (χ3n) is 3.81. The number of nitrogens with zero attached hydrogens (tertiary/aromatic N) is 3. The molecule has 5 nitrogen and oxygen atoms in total. The van der Waals surface area contributed by atoms with Gasteiger partial charge in [-0.25, -0.2) is 4.98 Å². The van der Waals surface area contributed by atoms with Gasteiger partial charge in [0.2, 0.25) is 0 Å². The first-order chi connectivity index (χ1) is 11.0. The number of anilines is 2. The number of carbonyl (C=O) groups is 1. The summed E-state index contributed by atoms with van der Waals surface area (Å²) in [7, 11) is 0. The van der Waals surface area contributed by atoms with Crippen molar-refractivity contribution in [2.75, 3.05) is 36.8 Å². The first-order valence-electron chi connectivity index (χ1n) is 7.25. The van der Waals surface area contributed by atoms with Crippen LogP contribution in [0.1, 0.15) is 10.4 Å². The van der Waals surface area contributed by atoms with Crippen LogP contribution in [0, 0.1) is 0 Å². The first-order valence-corrected chi connectivity index (χ1v) is 8.01. The zero-order valence-electron chi connectivity index (χ0n) is 12.8. The summed E-state index contributed by atoms with van der Waals surface area (Å²) >= 11 is 12.1. The third kappa shape index (κ3) is 4.04. The fraction of sp³-hybridized carbons (Fsp3) is 0.250. The average Bonchev–Trinajstić information content (AvgIpc) is 2.55. The molecule has 0 aliphatic carbocycles. The highest BCUT2D eigenvalue weighted by atomic mass is 35.5. The van der Waals surface area contributed by atoms with Crippen molar-refractivity contribution in [2.45, 2.75) is 0 Å². The highest BCUT2D eigenvalue weighted by Gasteiger charge is 2.24. The van der Waals surface area contributed by atoms with Crippen molar-refractivity contribution in [1.29, 1.82) is 0 Å². The minimum absolute atomic E-state index is 0. The molecule has 3 rings (SSSR count). The Labute approximate surface area is 156 Å². The average molecular weight is 388 g/mol. The predicted octanol–water partition coefficient (Wildman–Crippen LogP) is 3.35. The fourth-order valence-electron chi connectivity index (χ4n) is 2.57. The number of amides is 1. The molecule has 1 amide bonds. The topological polar surface area (TPSA) is 62.5 Å². The Morgan fingerprint density at radius 3 is 2.29 bits per heavy atom. The second kappa shape index (κ2) is 7.92. The van der Waals surface area contributed by atoms with Crippen LogP contribution >= 0.6 is 35.6 Å². The number of nitrogens with two attached hydrogens (primary N) is 1. The Balaban J connectivity index is 0.00000208. The zero-order chi connectivity index (χ0) is 16.4. The maximum Gasteiger partial charge on any atom is 0.253 e. The lowest BCUT2D eigenvalue weighted by molar-refractivity contribution is 0.0746. The number of pyridine rings is 1. The summed E-state index contributed by atoms with van der Waals surface area (Å²) in [6, 6.07) is 8.66. The fourth-order valence-corrected chi connectivity index (χ4v) is 3.07. The number of hydrogen-bond donors (Lipinski definition) is 1. The molecule has 24 heavy (non-hydrogen) atoms. The maximum absolute atomic E-state index is 12.5. The number of aromatic nitrogens is 1. The van der Waals surface area contributed by atoms with Crippen molar-refractivity contribution in [2.24, 2.45) is 0 Å².